The highest BCUT2D eigenvalue weighted by Crippen LogP contribution is 2.37. The van der Waals surface area contributed by atoms with Crippen LogP contribution in [0, 0.1) is 6.92 Å². The fraction of sp³-hybridized carbons (Fsp3) is 0.478. The van der Waals surface area contributed by atoms with E-state index in [1.807, 2.05) is 12.1 Å². The molecular formula is C23H30ClNO2. The van der Waals surface area contributed by atoms with Crippen LogP contribution in [-0.4, -0.2) is 13.2 Å². The maximum Gasteiger partial charge on any atom is 0.180 e. The molecule has 0 unspecified atom stereocenters. The van der Waals surface area contributed by atoms with E-state index in [0.29, 0.717) is 29.2 Å². The zero-order valence-electron chi connectivity index (χ0n) is 16.4. The number of aryl methyl sites for hydroxylation is 1. The van der Waals surface area contributed by atoms with E-state index in [2.05, 4.69) is 36.5 Å². The number of nitrogens with one attached hydrogen (secondary N) is 1. The lowest BCUT2D eigenvalue weighted by Gasteiger charge is -2.18. The van der Waals surface area contributed by atoms with Crippen molar-refractivity contribution in [1.82, 2.24) is 5.32 Å². The lowest BCUT2D eigenvalue weighted by Crippen LogP contribution is -2.27. The lowest BCUT2D eigenvalue weighted by molar-refractivity contribution is 0.284. The van der Waals surface area contributed by atoms with Crippen molar-refractivity contribution in [3.05, 3.63) is 58.1 Å². The molecular weight excluding hydrogens is 358 g/mol. The number of ether oxygens (including phenoxy) is 2. The molecule has 3 rings (SSSR count). The molecule has 0 radical (unpaired) electrons. The average Bonchev–Trinajstić information content (AvgIpc) is 2.95. The quantitative estimate of drug-likeness (QED) is 0.586. The number of benzene rings is 2. The summed E-state index contributed by atoms with van der Waals surface area (Å²) in [5.74, 6) is 1.30. The van der Waals surface area contributed by atoms with Crippen molar-refractivity contribution in [1.29, 1.82) is 0 Å². The van der Waals surface area contributed by atoms with Crippen LogP contribution in [0.1, 0.15) is 55.2 Å². The van der Waals surface area contributed by atoms with E-state index in [0.717, 1.165) is 17.7 Å². The Kier molecular flexibility index (Phi) is 7.42. The monoisotopic (exact) mass is 387 g/mol. The van der Waals surface area contributed by atoms with E-state index < -0.39 is 0 Å². The molecule has 1 aliphatic carbocycles. The molecule has 0 heterocycles. The first-order chi connectivity index (χ1) is 13.2. The number of methoxy groups -OCH3 is 1. The zero-order chi connectivity index (χ0) is 19.1. The van der Waals surface area contributed by atoms with Gasteiger partial charge in [-0.25, -0.2) is 0 Å². The number of hydrogen-bond acceptors (Lipinski definition) is 3. The van der Waals surface area contributed by atoms with Crippen LogP contribution < -0.4 is 14.8 Å². The molecule has 0 amide bonds. The normalized spacial score (nSPS) is 15.4. The van der Waals surface area contributed by atoms with Crippen molar-refractivity contribution in [2.24, 2.45) is 0 Å². The van der Waals surface area contributed by atoms with Gasteiger partial charge in [-0.2, -0.15) is 0 Å². The zero-order valence-corrected chi connectivity index (χ0v) is 17.1. The Hall–Kier alpha value is -1.71. The highest BCUT2D eigenvalue weighted by molar-refractivity contribution is 6.32. The smallest absolute Gasteiger partial charge is 0.180 e. The third-order valence-electron chi connectivity index (χ3n) is 5.24. The van der Waals surface area contributed by atoms with Gasteiger partial charge < -0.3 is 14.8 Å². The number of hydrogen-bond donors (Lipinski definition) is 1. The second kappa shape index (κ2) is 10.0. The summed E-state index contributed by atoms with van der Waals surface area (Å²) < 4.78 is 11.5. The van der Waals surface area contributed by atoms with Crippen LogP contribution in [0.15, 0.2) is 36.4 Å². The molecule has 0 aliphatic heterocycles. The summed E-state index contributed by atoms with van der Waals surface area (Å²) in [7, 11) is 1.66. The molecule has 0 atom stereocenters. The van der Waals surface area contributed by atoms with E-state index in [1.54, 1.807) is 7.11 Å². The second-order valence-electron chi connectivity index (χ2n) is 7.45. The van der Waals surface area contributed by atoms with E-state index in [9.17, 15) is 0 Å². The Labute approximate surface area is 168 Å². The van der Waals surface area contributed by atoms with Crippen molar-refractivity contribution in [3.8, 4) is 11.5 Å². The van der Waals surface area contributed by atoms with E-state index in [-0.39, 0.29) is 0 Å². The third-order valence-corrected chi connectivity index (χ3v) is 5.52. The third kappa shape index (κ3) is 5.88. The van der Waals surface area contributed by atoms with Crippen LogP contribution in [0.2, 0.25) is 5.02 Å². The minimum atomic E-state index is 0.468. The van der Waals surface area contributed by atoms with Gasteiger partial charge in [0, 0.05) is 12.6 Å². The molecule has 1 N–H and O–H groups in total. The topological polar surface area (TPSA) is 30.5 Å². The summed E-state index contributed by atoms with van der Waals surface area (Å²) in [6, 6.07) is 12.9. The van der Waals surface area contributed by atoms with Crippen molar-refractivity contribution >= 4 is 11.6 Å². The molecule has 0 saturated heterocycles. The first-order valence-corrected chi connectivity index (χ1v) is 10.3. The number of halogens is 1. The molecule has 27 heavy (non-hydrogen) atoms. The molecule has 1 fully saturated rings. The molecule has 4 heteroatoms. The SMILES string of the molecule is COc1cc(CNC2CCCCCC2)cc(Cl)c1OCc1ccc(C)cc1. The van der Waals surface area contributed by atoms with Gasteiger partial charge in [-0.15, -0.1) is 0 Å². The van der Waals surface area contributed by atoms with Gasteiger partial charge in [0.2, 0.25) is 0 Å². The molecule has 1 aliphatic rings. The Morgan fingerprint density at radius 3 is 2.37 bits per heavy atom. The summed E-state index contributed by atoms with van der Waals surface area (Å²) in [4.78, 5) is 0. The Morgan fingerprint density at radius 1 is 1.00 bits per heavy atom. The molecule has 3 nitrogen and oxygen atoms in total. The van der Waals surface area contributed by atoms with Gasteiger partial charge in [0.25, 0.3) is 0 Å². The summed E-state index contributed by atoms with van der Waals surface area (Å²) in [5, 5.41) is 4.28. The van der Waals surface area contributed by atoms with E-state index in [1.165, 1.54) is 44.1 Å². The first kappa shape index (κ1) is 20.0. The maximum atomic E-state index is 6.52. The largest absolute Gasteiger partial charge is 0.493 e. The molecule has 0 spiro atoms. The molecule has 0 aromatic heterocycles. The molecule has 0 bridgehead atoms. The molecule has 2 aromatic carbocycles. The van der Waals surface area contributed by atoms with Gasteiger partial charge in [-0.05, 0) is 43.0 Å². The highest BCUT2D eigenvalue weighted by atomic mass is 35.5. The standard InChI is InChI=1S/C23H30ClNO2/c1-17-9-11-18(12-10-17)16-27-23-21(24)13-19(14-22(23)26-2)15-25-20-7-5-3-4-6-8-20/h9-14,20,25H,3-8,15-16H2,1-2H3. The average molecular weight is 388 g/mol. The van der Waals surface area contributed by atoms with Gasteiger partial charge in [0.1, 0.15) is 6.61 Å². The highest BCUT2D eigenvalue weighted by Gasteiger charge is 2.15. The minimum Gasteiger partial charge on any atom is -0.493 e. The second-order valence-corrected chi connectivity index (χ2v) is 7.86. The number of rotatable bonds is 7. The van der Waals surface area contributed by atoms with Crippen LogP contribution in [0.5, 0.6) is 11.5 Å². The van der Waals surface area contributed by atoms with Crippen molar-refractivity contribution in [3.63, 3.8) is 0 Å². The molecule has 2 aromatic rings. The predicted molar refractivity (Wildman–Crippen MR) is 112 cm³/mol. The summed E-state index contributed by atoms with van der Waals surface area (Å²) in [6.07, 6.45) is 7.92. The van der Waals surface area contributed by atoms with Crippen molar-refractivity contribution < 1.29 is 9.47 Å². The molecule has 1 saturated carbocycles. The van der Waals surface area contributed by atoms with E-state index >= 15 is 0 Å². The Morgan fingerprint density at radius 2 is 1.70 bits per heavy atom. The fourth-order valence-electron chi connectivity index (χ4n) is 3.60. The Balaban J connectivity index is 1.64. The van der Waals surface area contributed by atoms with Crippen LogP contribution >= 0.6 is 11.6 Å². The Bertz CT molecular complexity index is 722. The summed E-state index contributed by atoms with van der Waals surface area (Å²) in [5.41, 5.74) is 3.47. The van der Waals surface area contributed by atoms with Crippen LogP contribution in [-0.2, 0) is 13.2 Å². The van der Waals surface area contributed by atoms with Gasteiger partial charge >= 0.3 is 0 Å². The van der Waals surface area contributed by atoms with Crippen molar-refractivity contribution in [2.45, 2.75) is 64.6 Å². The van der Waals surface area contributed by atoms with E-state index in [4.69, 9.17) is 21.1 Å². The summed E-state index contributed by atoms with van der Waals surface area (Å²) >= 11 is 6.52. The van der Waals surface area contributed by atoms with Gasteiger partial charge in [-0.1, -0.05) is 67.1 Å². The first-order valence-electron chi connectivity index (χ1n) is 9.94. The van der Waals surface area contributed by atoms with Gasteiger partial charge in [0.15, 0.2) is 11.5 Å². The predicted octanol–water partition coefficient (Wildman–Crippen LogP) is 6.05. The van der Waals surface area contributed by atoms with Crippen molar-refractivity contribution in [2.75, 3.05) is 7.11 Å². The minimum absolute atomic E-state index is 0.468. The maximum absolute atomic E-state index is 6.52. The van der Waals surface area contributed by atoms with Crippen LogP contribution in [0.3, 0.4) is 0 Å². The van der Waals surface area contributed by atoms with Crippen LogP contribution in [0.25, 0.3) is 0 Å². The molecule has 146 valence electrons. The van der Waals surface area contributed by atoms with Gasteiger partial charge in [0.05, 0.1) is 12.1 Å². The summed E-state index contributed by atoms with van der Waals surface area (Å²) in [6.45, 7) is 3.35. The van der Waals surface area contributed by atoms with Crippen LogP contribution in [0.4, 0.5) is 0 Å². The fourth-order valence-corrected chi connectivity index (χ4v) is 3.89. The lowest BCUT2D eigenvalue weighted by atomic mass is 10.1. The van der Waals surface area contributed by atoms with Gasteiger partial charge in [-0.3, -0.25) is 0 Å².